The molecule has 0 aromatic rings. The van der Waals surface area contributed by atoms with Crippen LogP contribution in [0.5, 0.6) is 0 Å². The number of nitrogens with zero attached hydrogens (tertiary/aromatic N) is 1. The van der Waals surface area contributed by atoms with Gasteiger partial charge in [0.05, 0.1) is 6.10 Å². The van der Waals surface area contributed by atoms with Gasteiger partial charge in [-0.15, -0.1) is 0 Å². The smallest absolute Gasteiger partial charge is 0.203 e. The SMILES string of the molecule is CC(O)CCCN=C(N)NN. The van der Waals surface area contributed by atoms with Crippen molar-refractivity contribution in [3.05, 3.63) is 0 Å². The van der Waals surface area contributed by atoms with Crippen molar-refractivity contribution in [2.24, 2.45) is 16.6 Å². The van der Waals surface area contributed by atoms with Gasteiger partial charge in [0.2, 0.25) is 5.96 Å². The zero-order chi connectivity index (χ0) is 8.69. The van der Waals surface area contributed by atoms with E-state index in [4.69, 9.17) is 16.7 Å². The summed E-state index contributed by atoms with van der Waals surface area (Å²) in [5, 5.41) is 8.85. The highest BCUT2D eigenvalue weighted by molar-refractivity contribution is 5.76. The zero-order valence-corrected chi connectivity index (χ0v) is 6.75. The number of aliphatic hydroxyl groups excluding tert-OH is 1. The number of aliphatic imine (C=N–C) groups is 1. The predicted molar refractivity (Wildman–Crippen MR) is 44.7 cm³/mol. The predicted octanol–water partition coefficient (Wildman–Crippen LogP) is -1.07. The van der Waals surface area contributed by atoms with Crippen LogP contribution in [-0.2, 0) is 0 Å². The molecule has 6 N–H and O–H groups in total. The van der Waals surface area contributed by atoms with Gasteiger partial charge in [-0.05, 0) is 19.8 Å². The van der Waals surface area contributed by atoms with Crippen LogP contribution in [0.25, 0.3) is 0 Å². The molecule has 0 aliphatic heterocycles. The Morgan fingerprint density at radius 3 is 2.82 bits per heavy atom. The molecule has 0 aromatic heterocycles. The largest absolute Gasteiger partial charge is 0.393 e. The van der Waals surface area contributed by atoms with E-state index in [-0.39, 0.29) is 12.1 Å². The first-order chi connectivity index (χ1) is 5.16. The van der Waals surface area contributed by atoms with E-state index in [0.29, 0.717) is 6.54 Å². The van der Waals surface area contributed by atoms with Crippen LogP contribution in [-0.4, -0.2) is 23.7 Å². The maximum atomic E-state index is 8.85. The van der Waals surface area contributed by atoms with Crippen LogP contribution in [0.3, 0.4) is 0 Å². The Morgan fingerprint density at radius 1 is 1.73 bits per heavy atom. The molecule has 0 radical (unpaired) electrons. The van der Waals surface area contributed by atoms with Crippen molar-refractivity contribution in [3.63, 3.8) is 0 Å². The van der Waals surface area contributed by atoms with Crippen molar-refractivity contribution in [1.82, 2.24) is 5.43 Å². The van der Waals surface area contributed by atoms with Crippen LogP contribution >= 0.6 is 0 Å². The van der Waals surface area contributed by atoms with Gasteiger partial charge in [0.1, 0.15) is 0 Å². The van der Waals surface area contributed by atoms with E-state index in [1.54, 1.807) is 6.92 Å². The first-order valence-electron chi connectivity index (χ1n) is 3.61. The van der Waals surface area contributed by atoms with E-state index < -0.39 is 0 Å². The molecule has 0 spiro atoms. The van der Waals surface area contributed by atoms with E-state index in [9.17, 15) is 0 Å². The summed E-state index contributed by atoms with van der Waals surface area (Å²) < 4.78 is 0. The minimum atomic E-state index is -0.266. The maximum Gasteiger partial charge on any atom is 0.203 e. The lowest BCUT2D eigenvalue weighted by atomic mass is 10.2. The Bertz CT molecular complexity index is 124. The second-order valence-electron chi connectivity index (χ2n) is 2.40. The van der Waals surface area contributed by atoms with Gasteiger partial charge in [-0.3, -0.25) is 10.4 Å². The van der Waals surface area contributed by atoms with Gasteiger partial charge < -0.3 is 10.8 Å². The standard InChI is InChI=1S/C6H16N4O/c1-5(11)3-2-4-9-6(7)10-8/h5,11H,2-4,8H2,1H3,(H3,7,9,10). The number of guanidine groups is 1. The fourth-order valence-corrected chi connectivity index (χ4v) is 0.632. The monoisotopic (exact) mass is 160 g/mol. The summed E-state index contributed by atoms with van der Waals surface area (Å²) in [6.45, 7) is 2.34. The topological polar surface area (TPSA) is 96.7 Å². The highest BCUT2D eigenvalue weighted by Crippen LogP contribution is 1.94. The molecule has 0 aliphatic carbocycles. The van der Waals surface area contributed by atoms with Crippen molar-refractivity contribution in [3.8, 4) is 0 Å². The third kappa shape index (κ3) is 7.08. The average Bonchev–Trinajstić information content (AvgIpc) is 1.97. The van der Waals surface area contributed by atoms with Crippen molar-refractivity contribution in [2.45, 2.75) is 25.9 Å². The Morgan fingerprint density at radius 2 is 2.36 bits per heavy atom. The third-order valence-corrected chi connectivity index (χ3v) is 1.21. The molecule has 5 nitrogen and oxygen atoms in total. The lowest BCUT2D eigenvalue weighted by molar-refractivity contribution is 0.182. The van der Waals surface area contributed by atoms with Crippen LogP contribution in [0.2, 0.25) is 0 Å². The summed E-state index contributed by atoms with van der Waals surface area (Å²) in [5.74, 6) is 5.19. The molecule has 0 rings (SSSR count). The van der Waals surface area contributed by atoms with Crippen LogP contribution in [0, 0.1) is 0 Å². The summed E-state index contributed by atoms with van der Waals surface area (Å²) >= 11 is 0. The van der Waals surface area contributed by atoms with Crippen molar-refractivity contribution < 1.29 is 5.11 Å². The molecular formula is C6H16N4O. The van der Waals surface area contributed by atoms with Gasteiger partial charge in [-0.25, -0.2) is 5.84 Å². The molecule has 0 amide bonds. The summed E-state index contributed by atoms with van der Waals surface area (Å²) in [6.07, 6.45) is 1.29. The molecular weight excluding hydrogens is 144 g/mol. The molecule has 11 heavy (non-hydrogen) atoms. The Labute approximate surface area is 66.5 Å². The quantitative estimate of drug-likeness (QED) is 0.138. The molecule has 0 heterocycles. The third-order valence-electron chi connectivity index (χ3n) is 1.21. The molecule has 0 aliphatic rings. The van der Waals surface area contributed by atoms with Gasteiger partial charge in [0.25, 0.3) is 0 Å². The minimum Gasteiger partial charge on any atom is -0.393 e. The second kappa shape index (κ2) is 5.94. The van der Waals surface area contributed by atoms with Gasteiger partial charge in [0, 0.05) is 6.54 Å². The van der Waals surface area contributed by atoms with Crippen molar-refractivity contribution in [2.75, 3.05) is 6.54 Å². The van der Waals surface area contributed by atoms with Crippen LogP contribution in [0.1, 0.15) is 19.8 Å². The Hall–Kier alpha value is -0.810. The van der Waals surface area contributed by atoms with Gasteiger partial charge >= 0.3 is 0 Å². The number of nitrogens with two attached hydrogens (primary N) is 2. The second-order valence-corrected chi connectivity index (χ2v) is 2.40. The van der Waals surface area contributed by atoms with Gasteiger partial charge in [-0.2, -0.15) is 0 Å². The van der Waals surface area contributed by atoms with Gasteiger partial charge in [0.15, 0.2) is 0 Å². The summed E-state index contributed by atoms with van der Waals surface area (Å²) in [7, 11) is 0. The number of aliphatic hydroxyl groups is 1. The fraction of sp³-hybridized carbons (Fsp3) is 0.833. The van der Waals surface area contributed by atoms with Crippen LogP contribution in [0.15, 0.2) is 4.99 Å². The number of rotatable bonds is 4. The molecule has 66 valence electrons. The molecule has 0 saturated heterocycles. The van der Waals surface area contributed by atoms with E-state index in [1.165, 1.54) is 0 Å². The lowest BCUT2D eigenvalue weighted by Gasteiger charge is -2.01. The highest BCUT2D eigenvalue weighted by Gasteiger charge is 1.93. The molecule has 0 saturated carbocycles. The van der Waals surface area contributed by atoms with Crippen molar-refractivity contribution in [1.29, 1.82) is 0 Å². The van der Waals surface area contributed by atoms with Gasteiger partial charge in [-0.1, -0.05) is 0 Å². The Balaban J connectivity index is 3.26. The maximum absolute atomic E-state index is 8.85. The zero-order valence-electron chi connectivity index (χ0n) is 6.75. The fourth-order valence-electron chi connectivity index (χ4n) is 0.632. The first-order valence-corrected chi connectivity index (χ1v) is 3.61. The molecule has 0 aromatic carbocycles. The number of hydrazine groups is 1. The van der Waals surface area contributed by atoms with E-state index in [2.05, 4.69) is 10.4 Å². The van der Waals surface area contributed by atoms with E-state index in [1.807, 2.05) is 0 Å². The summed E-state index contributed by atoms with van der Waals surface area (Å²) in [6, 6.07) is 0. The average molecular weight is 160 g/mol. The highest BCUT2D eigenvalue weighted by atomic mass is 16.3. The molecule has 1 unspecified atom stereocenters. The summed E-state index contributed by atoms with van der Waals surface area (Å²) in [5.41, 5.74) is 7.46. The van der Waals surface area contributed by atoms with Crippen molar-refractivity contribution >= 4 is 5.96 Å². The molecule has 5 heteroatoms. The number of hydrogen-bond acceptors (Lipinski definition) is 3. The first kappa shape index (κ1) is 10.2. The number of hydrogen-bond donors (Lipinski definition) is 4. The van der Waals surface area contributed by atoms with E-state index >= 15 is 0 Å². The van der Waals surface area contributed by atoms with E-state index in [0.717, 1.165) is 12.8 Å². The van der Waals surface area contributed by atoms with Crippen LogP contribution < -0.4 is 17.0 Å². The molecule has 0 fully saturated rings. The minimum absolute atomic E-state index is 0.232. The number of nitrogens with one attached hydrogen (secondary N) is 1. The van der Waals surface area contributed by atoms with Crippen LogP contribution in [0.4, 0.5) is 0 Å². The summed E-state index contributed by atoms with van der Waals surface area (Å²) in [4.78, 5) is 3.86. The normalized spacial score (nSPS) is 14.6. The molecule has 1 atom stereocenters. The molecule has 0 bridgehead atoms. The lowest BCUT2D eigenvalue weighted by Crippen LogP contribution is -2.37. The Kier molecular flexibility index (Phi) is 5.50.